The third kappa shape index (κ3) is 14.1. The second kappa shape index (κ2) is 12.9. The molecule has 0 saturated heterocycles. The Morgan fingerprint density at radius 3 is 1.95 bits per heavy atom. The molecule has 0 saturated carbocycles. The largest absolute Gasteiger partial charge is 0.481 e. The molecule has 21 heavy (non-hydrogen) atoms. The molecule has 0 aliphatic heterocycles. The summed E-state index contributed by atoms with van der Waals surface area (Å²) in [6.45, 7) is 3.60. The van der Waals surface area contributed by atoms with Gasteiger partial charge in [-0.3, -0.25) is 14.4 Å². The number of hydrogen-bond donors (Lipinski definition) is 3. The zero-order chi connectivity index (χ0) is 15.9. The van der Waals surface area contributed by atoms with E-state index in [1.807, 2.05) is 6.92 Å². The van der Waals surface area contributed by atoms with E-state index in [4.69, 9.17) is 14.6 Å². The summed E-state index contributed by atoms with van der Waals surface area (Å²) in [7, 11) is 0. The molecule has 8 nitrogen and oxygen atoms in total. The molecule has 0 heterocycles. The Morgan fingerprint density at radius 2 is 1.48 bits per heavy atom. The lowest BCUT2D eigenvalue weighted by Gasteiger charge is -2.02. The summed E-state index contributed by atoms with van der Waals surface area (Å²) in [5, 5.41) is 13.2. The number of nitrogens with one attached hydrogen (secondary N) is 2. The maximum Gasteiger partial charge on any atom is 0.305 e. The Morgan fingerprint density at radius 1 is 0.952 bits per heavy atom. The van der Waals surface area contributed by atoms with Gasteiger partial charge in [-0.25, -0.2) is 0 Å². The van der Waals surface area contributed by atoms with Crippen LogP contribution in [0.15, 0.2) is 0 Å². The van der Waals surface area contributed by atoms with E-state index in [0.29, 0.717) is 19.8 Å². The maximum absolute atomic E-state index is 11.2. The number of amides is 2. The molecule has 0 atom stereocenters. The molecular weight excluding hydrogens is 280 g/mol. The molecule has 0 aromatic rings. The van der Waals surface area contributed by atoms with Gasteiger partial charge in [-0.2, -0.15) is 0 Å². The zero-order valence-corrected chi connectivity index (χ0v) is 11.9. The fourth-order valence-electron chi connectivity index (χ4n) is 1.08. The minimum Gasteiger partial charge on any atom is -0.481 e. The number of carbonyl (C=O) groups is 3. The molecule has 118 valence electrons. The third-order valence-electron chi connectivity index (χ3n) is 2.02. The van der Waals surface area contributed by atoms with Crippen molar-refractivity contribution in [3.8, 4) is 11.8 Å². The predicted molar refractivity (Wildman–Crippen MR) is 73.4 cm³/mol. The minimum absolute atomic E-state index is 0.0825. The smallest absolute Gasteiger partial charge is 0.305 e. The highest BCUT2D eigenvalue weighted by atomic mass is 16.5. The van der Waals surface area contributed by atoms with Crippen molar-refractivity contribution in [2.24, 2.45) is 0 Å². The summed E-state index contributed by atoms with van der Waals surface area (Å²) in [6.07, 6.45) is -0.0876. The SMILES string of the molecule is CCOCCNC(=O)C#CC(=O)NCCOCCC(=O)O. The van der Waals surface area contributed by atoms with Gasteiger partial charge in [-0.05, 0) is 6.92 Å². The van der Waals surface area contributed by atoms with Gasteiger partial charge in [0.1, 0.15) is 0 Å². The van der Waals surface area contributed by atoms with Gasteiger partial charge in [-0.15, -0.1) is 0 Å². The number of aliphatic carboxylic acids is 1. The average Bonchev–Trinajstić information content (AvgIpc) is 2.44. The summed E-state index contributed by atoms with van der Waals surface area (Å²) >= 11 is 0. The van der Waals surface area contributed by atoms with Crippen LogP contribution in [0.1, 0.15) is 13.3 Å². The van der Waals surface area contributed by atoms with Gasteiger partial charge in [0, 0.05) is 31.5 Å². The van der Waals surface area contributed by atoms with Crippen LogP contribution in [-0.4, -0.2) is 62.4 Å². The van der Waals surface area contributed by atoms with Crippen LogP contribution in [0.3, 0.4) is 0 Å². The van der Waals surface area contributed by atoms with E-state index in [-0.39, 0.29) is 26.2 Å². The standard InChI is InChI=1S/C13H20N2O6/c1-2-20-9-6-14-11(16)3-4-12(17)15-7-10-21-8-5-13(18)19/h2,5-10H2,1H3,(H,14,16)(H,15,17)(H,18,19). The molecule has 0 unspecified atom stereocenters. The lowest BCUT2D eigenvalue weighted by molar-refractivity contribution is -0.138. The highest BCUT2D eigenvalue weighted by molar-refractivity contribution is 6.02. The summed E-state index contributed by atoms with van der Waals surface area (Å²) < 4.78 is 9.98. The second-order valence-electron chi connectivity index (χ2n) is 3.71. The zero-order valence-electron chi connectivity index (χ0n) is 11.9. The molecule has 0 aromatic heterocycles. The van der Waals surface area contributed by atoms with Crippen LogP contribution in [0.25, 0.3) is 0 Å². The lowest BCUT2D eigenvalue weighted by Crippen LogP contribution is -2.28. The van der Waals surface area contributed by atoms with Gasteiger partial charge in [0.15, 0.2) is 0 Å². The van der Waals surface area contributed by atoms with Crippen LogP contribution in [0.2, 0.25) is 0 Å². The highest BCUT2D eigenvalue weighted by Crippen LogP contribution is 1.81. The van der Waals surface area contributed by atoms with E-state index in [0.717, 1.165) is 0 Å². The molecule has 0 radical (unpaired) electrons. The Kier molecular flexibility index (Phi) is 11.6. The quantitative estimate of drug-likeness (QED) is 0.343. The molecule has 0 rings (SSSR count). The molecule has 0 aromatic carbocycles. The highest BCUT2D eigenvalue weighted by Gasteiger charge is 1.99. The average molecular weight is 300 g/mol. The van der Waals surface area contributed by atoms with Crippen LogP contribution in [0.4, 0.5) is 0 Å². The van der Waals surface area contributed by atoms with Crippen LogP contribution in [0, 0.1) is 11.8 Å². The molecule has 8 heteroatoms. The van der Waals surface area contributed by atoms with Gasteiger partial charge >= 0.3 is 5.97 Å². The van der Waals surface area contributed by atoms with Crippen LogP contribution in [-0.2, 0) is 23.9 Å². The Balaban J connectivity index is 3.62. The van der Waals surface area contributed by atoms with Crippen LogP contribution < -0.4 is 10.6 Å². The number of ether oxygens (including phenoxy) is 2. The molecule has 0 aliphatic rings. The molecule has 0 bridgehead atoms. The van der Waals surface area contributed by atoms with E-state index in [1.165, 1.54) is 0 Å². The van der Waals surface area contributed by atoms with E-state index in [1.54, 1.807) is 0 Å². The molecule has 0 spiro atoms. The van der Waals surface area contributed by atoms with Gasteiger partial charge in [0.25, 0.3) is 11.8 Å². The van der Waals surface area contributed by atoms with E-state index in [9.17, 15) is 14.4 Å². The number of carboxylic acids is 1. The number of carboxylic acid groups (broad SMARTS) is 1. The Bertz CT molecular complexity index is 399. The Hall–Kier alpha value is -2.11. The van der Waals surface area contributed by atoms with Crippen LogP contribution in [0.5, 0.6) is 0 Å². The topological polar surface area (TPSA) is 114 Å². The number of hydrogen-bond acceptors (Lipinski definition) is 5. The summed E-state index contributed by atoms with van der Waals surface area (Å²) in [5.41, 5.74) is 0. The van der Waals surface area contributed by atoms with Crippen molar-refractivity contribution >= 4 is 17.8 Å². The first kappa shape index (κ1) is 18.9. The van der Waals surface area contributed by atoms with E-state index < -0.39 is 17.8 Å². The summed E-state index contributed by atoms with van der Waals surface area (Å²) in [5.74, 6) is 2.17. The molecule has 2 amide bonds. The van der Waals surface area contributed by atoms with Crippen molar-refractivity contribution < 1.29 is 29.0 Å². The minimum atomic E-state index is -0.944. The van der Waals surface area contributed by atoms with Crippen LogP contribution >= 0.6 is 0 Å². The van der Waals surface area contributed by atoms with E-state index in [2.05, 4.69) is 22.5 Å². The van der Waals surface area contributed by atoms with Crippen molar-refractivity contribution in [3.05, 3.63) is 0 Å². The third-order valence-corrected chi connectivity index (χ3v) is 2.02. The molecule has 3 N–H and O–H groups in total. The van der Waals surface area contributed by atoms with Crippen molar-refractivity contribution in [1.82, 2.24) is 10.6 Å². The second-order valence-corrected chi connectivity index (χ2v) is 3.71. The summed E-state index contributed by atoms with van der Waals surface area (Å²) in [6, 6.07) is 0. The predicted octanol–water partition coefficient (Wildman–Crippen LogP) is -1.25. The maximum atomic E-state index is 11.2. The summed E-state index contributed by atoms with van der Waals surface area (Å²) in [4.78, 5) is 32.6. The van der Waals surface area contributed by atoms with E-state index >= 15 is 0 Å². The van der Waals surface area contributed by atoms with Crippen molar-refractivity contribution in [2.75, 3.05) is 39.5 Å². The van der Waals surface area contributed by atoms with Gasteiger partial charge in [0.2, 0.25) is 0 Å². The van der Waals surface area contributed by atoms with Gasteiger partial charge in [0.05, 0.1) is 26.2 Å². The number of rotatable bonds is 10. The molecular formula is C13H20N2O6. The van der Waals surface area contributed by atoms with Crippen molar-refractivity contribution in [1.29, 1.82) is 0 Å². The molecule has 0 aliphatic carbocycles. The Labute approximate surface area is 123 Å². The lowest BCUT2D eigenvalue weighted by atomic mass is 10.4. The first-order valence-electron chi connectivity index (χ1n) is 6.51. The van der Waals surface area contributed by atoms with Crippen molar-refractivity contribution in [2.45, 2.75) is 13.3 Å². The fourth-order valence-corrected chi connectivity index (χ4v) is 1.08. The first-order chi connectivity index (χ1) is 10.1. The van der Waals surface area contributed by atoms with Crippen molar-refractivity contribution in [3.63, 3.8) is 0 Å². The normalized spacial score (nSPS) is 9.38. The molecule has 0 fully saturated rings. The first-order valence-corrected chi connectivity index (χ1v) is 6.51. The van der Waals surface area contributed by atoms with Gasteiger partial charge in [-0.1, -0.05) is 0 Å². The van der Waals surface area contributed by atoms with Gasteiger partial charge < -0.3 is 25.2 Å². The monoisotopic (exact) mass is 300 g/mol. The fraction of sp³-hybridized carbons (Fsp3) is 0.615. The number of carbonyl (C=O) groups excluding carboxylic acids is 2.